The van der Waals surface area contributed by atoms with Gasteiger partial charge in [-0.25, -0.2) is 0 Å². The normalized spacial score (nSPS) is 17.4. The van der Waals surface area contributed by atoms with E-state index in [4.69, 9.17) is 5.11 Å². The number of carbonyl (C=O) groups excluding carboxylic acids is 1. The molecule has 8 heteroatoms. The number of carboxylic acids is 1. The second-order valence-corrected chi connectivity index (χ2v) is 5.81. The number of aromatic amines is 1. The van der Waals surface area contributed by atoms with E-state index in [2.05, 4.69) is 4.98 Å². The van der Waals surface area contributed by atoms with Gasteiger partial charge in [0.05, 0.1) is 17.0 Å². The molecule has 0 aliphatic carbocycles. The van der Waals surface area contributed by atoms with Crippen LogP contribution >= 0.6 is 0 Å². The zero-order chi connectivity index (χ0) is 17.4. The number of rotatable bonds is 3. The third kappa shape index (κ3) is 2.60. The van der Waals surface area contributed by atoms with Crippen LogP contribution in [0.4, 0.5) is 0 Å². The number of nitrogens with one attached hydrogen (secondary N) is 1. The molecule has 0 bridgehead atoms. The van der Waals surface area contributed by atoms with Crippen LogP contribution in [0.3, 0.4) is 0 Å². The molecule has 1 saturated heterocycles. The number of aliphatic carboxylic acids is 1. The second-order valence-electron chi connectivity index (χ2n) is 5.81. The fraction of sp³-hybridized carbons (Fsp3) is 0.375. The summed E-state index contributed by atoms with van der Waals surface area (Å²) >= 11 is 0. The van der Waals surface area contributed by atoms with Gasteiger partial charge in [-0.2, -0.15) is 0 Å². The van der Waals surface area contributed by atoms with Crippen molar-refractivity contribution >= 4 is 22.9 Å². The molecule has 1 aliphatic rings. The number of aromatic nitrogens is 2. The fourth-order valence-corrected chi connectivity index (χ4v) is 3.06. The number of aryl methyl sites for hydroxylation is 1. The van der Waals surface area contributed by atoms with Gasteiger partial charge in [0, 0.05) is 25.2 Å². The molecule has 1 aromatic heterocycles. The van der Waals surface area contributed by atoms with Crippen molar-refractivity contribution in [3.63, 3.8) is 0 Å². The fourth-order valence-electron chi connectivity index (χ4n) is 3.06. The molecular weight excluding hydrogens is 314 g/mol. The van der Waals surface area contributed by atoms with Crippen LogP contribution in [0, 0.1) is 5.92 Å². The van der Waals surface area contributed by atoms with Crippen LogP contribution in [0.2, 0.25) is 0 Å². The van der Waals surface area contributed by atoms with E-state index in [0.29, 0.717) is 36.1 Å². The number of nitrogens with zero attached hydrogens (tertiary/aromatic N) is 2. The lowest BCUT2D eigenvalue weighted by Crippen LogP contribution is -2.36. The Bertz CT molecular complexity index is 943. The van der Waals surface area contributed by atoms with Crippen molar-refractivity contribution in [2.24, 2.45) is 5.92 Å². The molecule has 1 fully saturated rings. The minimum Gasteiger partial charge on any atom is -0.481 e. The summed E-state index contributed by atoms with van der Waals surface area (Å²) in [7, 11) is 0. The van der Waals surface area contributed by atoms with Gasteiger partial charge in [0.25, 0.3) is 5.91 Å². The first-order chi connectivity index (χ1) is 11.4. The maximum atomic E-state index is 12.5. The Morgan fingerprint density at radius 2 is 2.08 bits per heavy atom. The predicted octanol–water partition coefficient (Wildman–Crippen LogP) is 0.256. The number of hydrogen-bond donors (Lipinski definition) is 2. The lowest BCUT2D eigenvalue weighted by Gasteiger charge is -2.16. The third-order valence-corrected chi connectivity index (χ3v) is 4.36. The maximum absolute atomic E-state index is 12.5. The first kappa shape index (κ1) is 16.0. The molecule has 3 rings (SSSR count). The highest BCUT2D eigenvalue weighted by atomic mass is 16.4. The molecule has 1 unspecified atom stereocenters. The predicted molar refractivity (Wildman–Crippen MR) is 86.1 cm³/mol. The van der Waals surface area contributed by atoms with Crippen LogP contribution in [0.15, 0.2) is 27.8 Å². The number of carbonyl (C=O) groups is 2. The summed E-state index contributed by atoms with van der Waals surface area (Å²) in [6.07, 6.45) is 0.431. The SMILES string of the molecule is CCn1c(=O)c(=O)[nH]c2cc(C(=O)N3CCC(C(=O)O)C3)ccc21. The standard InChI is InChI=1S/C16H17N3O5/c1-2-19-12-4-3-9(7-11(12)17-13(20)15(19)22)14(21)18-6-5-10(8-18)16(23)24/h3-4,7,10H,2,5-6,8H2,1H3,(H,17,20)(H,23,24). The minimum atomic E-state index is -0.903. The summed E-state index contributed by atoms with van der Waals surface area (Å²) in [5, 5.41) is 9.03. The number of hydrogen-bond acceptors (Lipinski definition) is 4. The summed E-state index contributed by atoms with van der Waals surface area (Å²) in [4.78, 5) is 51.1. The molecule has 24 heavy (non-hydrogen) atoms. The highest BCUT2D eigenvalue weighted by molar-refractivity contribution is 5.97. The Labute approximate surface area is 136 Å². The molecule has 2 N–H and O–H groups in total. The van der Waals surface area contributed by atoms with Gasteiger partial charge in [-0.3, -0.25) is 19.2 Å². The highest BCUT2D eigenvalue weighted by Crippen LogP contribution is 2.20. The van der Waals surface area contributed by atoms with E-state index in [1.54, 1.807) is 19.1 Å². The van der Waals surface area contributed by atoms with Gasteiger partial charge < -0.3 is 19.6 Å². The smallest absolute Gasteiger partial charge is 0.316 e. The number of carboxylic acid groups (broad SMARTS) is 1. The minimum absolute atomic E-state index is 0.178. The van der Waals surface area contributed by atoms with E-state index in [1.807, 2.05) is 0 Å². The topological polar surface area (TPSA) is 112 Å². The van der Waals surface area contributed by atoms with E-state index in [1.165, 1.54) is 15.5 Å². The lowest BCUT2D eigenvalue weighted by molar-refractivity contribution is -0.141. The average molecular weight is 331 g/mol. The van der Waals surface area contributed by atoms with Gasteiger partial charge in [0.1, 0.15) is 0 Å². The molecule has 1 aliphatic heterocycles. The molecule has 1 amide bonds. The summed E-state index contributed by atoms with van der Waals surface area (Å²) < 4.78 is 1.35. The van der Waals surface area contributed by atoms with Crippen molar-refractivity contribution in [1.82, 2.24) is 14.5 Å². The van der Waals surface area contributed by atoms with Crippen molar-refractivity contribution in [2.75, 3.05) is 13.1 Å². The highest BCUT2D eigenvalue weighted by Gasteiger charge is 2.31. The van der Waals surface area contributed by atoms with Gasteiger partial charge in [-0.15, -0.1) is 0 Å². The zero-order valence-corrected chi connectivity index (χ0v) is 13.1. The summed E-state index contributed by atoms with van der Waals surface area (Å²) in [6, 6.07) is 4.73. The van der Waals surface area contributed by atoms with Crippen molar-refractivity contribution in [2.45, 2.75) is 19.9 Å². The number of fused-ring (bicyclic) bond motifs is 1. The van der Waals surface area contributed by atoms with Gasteiger partial charge in [0.15, 0.2) is 0 Å². The van der Waals surface area contributed by atoms with E-state index >= 15 is 0 Å². The van der Waals surface area contributed by atoms with Crippen LogP contribution in [0.25, 0.3) is 11.0 Å². The Hall–Kier alpha value is -2.90. The molecule has 1 aromatic carbocycles. The summed E-state index contributed by atoms with van der Waals surface area (Å²) in [5.41, 5.74) is -0.0655. The summed E-state index contributed by atoms with van der Waals surface area (Å²) in [5.74, 6) is -1.73. The van der Waals surface area contributed by atoms with Crippen molar-refractivity contribution in [3.05, 3.63) is 44.5 Å². The Kier molecular flexibility index (Phi) is 3.96. The van der Waals surface area contributed by atoms with Gasteiger partial charge in [-0.1, -0.05) is 0 Å². The number of amides is 1. The van der Waals surface area contributed by atoms with E-state index in [0.717, 1.165) is 0 Å². The van der Waals surface area contributed by atoms with Gasteiger partial charge in [0.2, 0.25) is 0 Å². The molecule has 2 heterocycles. The van der Waals surface area contributed by atoms with Crippen LogP contribution in [0.1, 0.15) is 23.7 Å². The number of benzene rings is 1. The maximum Gasteiger partial charge on any atom is 0.316 e. The van der Waals surface area contributed by atoms with Crippen molar-refractivity contribution in [1.29, 1.82) is 0 Å². The van der Waals surface area contributed by atoms with Crippen LogP contribution in [-0.4, -0.2) is 44.5 Å². The first-order valence-electron chi connectivity index (χ1n) is 7.71. The number of H-pyrrole nitrogens is 1. The molecule has 2 aromatic rings. The van der Waals surface area contributed by atoms with Crippen LogP contribution < -0.4 is 11.1 Å². The van der Waals surface area contributed by atoms with Gasteiger partial charge >= 0.3 is 17.1 Å². The molecule has 0 radical (unpaired) electrons. The van der Waals surface area contributed by atoms with Crippen molar-refractivity contribution < 1.29 is 14.7 Å². The summed E-state index contributed by atoms with van der Waals surface area (Å²) in [6.45, 7) is 2.67. The molecule has 1 atom stereocenters. The monoisotopic (exact) mass is 331 g/mol. The lowest BCUT2D eigenvalue weighted by atomic mass is 10.1. The molecule has 0 saturated carbocycles. The third-order valence-electron chi connectivity index (χ3n) is 4.36. The van der Waals surface area contributed by atoms with E-state index in [9.17, 15) is 19.2 Å². The molecule has 126 valence electrons. The number of likely N-dealkylation sites (tertiary alicyclic amines) is 1. The van der Waals surface area contributed by atoms with Crippen LogP contribution in [-0.2, 0) is 11.3 Å². The Morgan fingerprint density at radius 3 is 2.71 bits per heavy atom. The van der Waals surface area contributed by atoms with E-state index in [-0.39, 0.29) is 12.5 Å². The average Bonchev–Trinajstić information content (AvgIpc) is 3.05. The molecule has 8 nitrogen and oxygen atoms in total. The molecular formula is C16H17N3O5. The Balaban J connectivity index is 1.98. The molecule has 0 spiro atoms. The van der Waals surface area contributed by atoms with Crippen LogP contribution in [0.5, 0.6) is 0 Å². The Morgan fingerprint density at radius 1 is 1.33 bits per heavy atom. The van der Waals surface area contributed by atoms with Crippen molar-refractivity contribution in [3.8, 4) is 0 Å². The first-order valence-corrected chi connectivity index (χ1v) is 7.71. The quantitative estimate of drug-likeness (QED) is 0.783. The van der Waals surface area contributed by atoms with Gasteiger partial charge in [-0.05, 0) is 31.5 Å². The van der Waals surface area contributed by atoms with E-state index < -0.39 is 23.0 Å². The largest absolute Gasteiger partial charge is 0.481 e. The zero-order valence-electron chi connectivity index (χ0n) is 13.1. The second kappa shape index (κ2) is 5.95.